The zero-order valence-corrected chi connectivity index (χ0v) is 9.74. The second-order valence-corrected chi connectivity index (χ2v) is 4.97. The normalized spacial score (nSPS) is 23.2. The van der Waals surface area contributed by atoms with E-state index in [0.29, 0.717) is 11.2 Å². The van der Waals surface area contributed by atoms with Crippen molar-refractivity contribution in [2.45, 2.75) is 19.3 Å². The lowest BCUT2D eigenvalue weighted by molar-refractivity contribution is 0.133. The summed E-state index contributed by atoms with van der Waals surface area (Å²) in [5.74, 6) is 0.525. The molecule has 2 aliphatic heterocycles. The molecule has 1 N–H and O–H groups in total. The lowest BCUT2D eigenvalue weighted by Gasteiger charge is -2.38. The number of nitrogens with one attached hydrogen (secondary N) is 1. The van der Waals surface area contributed by atoms with E-state index in [9.17, 15) is 4.79 Å². The topological polar surface area (TPSA) is 58.2 Å². The van der Waals surface area contributed by atoms with Gasteiger partial charge in [0, 0.05) is 19.7 Å². The third kappa shape index (κ3) is 1.95. The van der Waals surface area contributed by atoms with Crippen LogP contribution in [0.5, 0.6) is 0 Å². The average Bonchev–Trinajstić information content (AvgIpc) is 2.80. The summed E-state index contributed by atoms with van der Waals surface area (Å²) in [5.41, 5.74) is 0.218. The highest BCUT2D eigenvalue weighted by Gasteiger charge is 2.38. The number of aromatic nitrogens is 2. The van der Waals surface area contributed by atoms with Crippen LogP contribution in [0.25, 0.3) is 0 Å². The molecule has 0 amide bonds. The van der Waals surface area contributed by atoms with Crippen LogP contribution >= 0.6 is 0 Å². The Morgan fingerprint density at radius 2 is 2.24 bits per heavy atom. The number of hydrogen-bond acceptors (Lipinski definition) is 4. The van der Waals surface area contributed by atoms with Crippen molar-refractivity contribution in [1.29, 1.82) is 0 Å². The van der Waals surface area contributed by atoms with Gasteiger partial charge >= 0.3 is 0 Å². The Morgan fingerprint density at radius 1 is 1.41 bits per heavy atom. The lowest BCUT2D eigenvalue weighted by Crippen LogP contribution is -2.42. The smallest absolute Gasteiger partial charge is 0.291 e. The molecule has 91 valence electrons. The van der Waals surface area contributed by atoms with E-state index in [1.807, 2.05) is 0 Å². The molecule has 0 bridgehead atoms. The molecule has 3 heterocycles. The maximum absolute atomic E-state index is 11.6. The second-order valence-electron chi connectivity index (χ2n) is 4.97. The highest BCUT2D eigenvalue weighted by atomic mass is 16.5. The number of rotatable bonds is 1. The van der Waals surface area contributed by atoms with E-state index in [0.717, 1.165) is 45.6 Å². The predicted octanol–water partition coefficient (Wildman–Crippen LogP) is 0.577. The first-order valence-corrected chi connectivity index (χ1v) is 6.07. The lowest BCUT2D eigenvalue weighted by atomic mass is 9.78. The van der Waals surface area contributed by atoms with Crippen LogP contribution in [0.3, 0.4) is 0 Å². The Labute approximate surface area is 99.8 Å². The molecule has 0 aliphatic carbocycles. The van der Waals surface area contributed by atoms with Gasteiger partial charge in [-0.3, -0.25) is 4.79 Å². The van der Waals surface area contributed by atoms with Crippen molar-refractivity contribution < 1.29 is 4.74 Å². The fourth-order valence-corrected chi connectivity index (χ4v) is 2.77. The third-order valence-electron chi connectivity index (χ3n) is 3.95. The van der Waals surface area contributed by atoms with Crippen molar-refractivity contribution >= 4 is 5.82 Å². The minimum atomic E-state index is -0.147. The van der Waals surface area contributed by atoms with E-state index in [-0.39, 0.29) is 5.56 Å². The van der Waals surface area contributed by atoms with Crippen LogP contribution in [-0.4, -0.2) is 36.3 Å². The van der Waals surface area contributed by atoms with Gasteiger partial charge < -0.3 is 14.6 Å². The van der Waals surface area contributed by atoms with E-state index < -0.39 is 0 Å². The minimum absolute atomic E-state index is 0.147. The highest BCUT2D eigenvalue weighted by molar-refractivity contribution is 5.35. The number of aromatic amines is 1. The largest absolute Gasteiger partial charge is 0.381 e. The summed E-state index contributed by atoms with van der Waals surface area (Å²) in [4.78, 5) is 20.3. The Balaban J connectivity index is 1.73. The van der Waals surface area contributed by atoms with Gasteiger partial charge in [-0.25, -0.2) is 4.98 Å². The van der Waals surface area contributed by atoms with Crippen LogP contribution in [0, 0.1) is 11.6 Å². The highest BCUT2D eigenvalue weighted by Crippen LogP contribution is 2.39. The van der Waals surface area contributed by atoms with Gasteiger partial charge in [0.1, 0.15) is 0 Å². The number of nitrogens with zero attached hydrogens (tertiary/aromatic N) is 2. The van der Waals surface area contributed by atoms with Gasteiger partial charge in [0.25, 0.3) is 5.56 Å². The summed E-state index contributed by atoms with van der Waals surface area (Å²) in [7, 11) is 0. The van der Waals surface area contributed by atoms with Crippen LogP contribution in [0.2, 0.25) is 0 Å². The van der Waals surface area contributed by atoms with E-state index >= 15 is 0 Å². The molecule has 17 heavy (non-hydrogen) atoms. The minimum Gasteiger partial charge on any atom is -0.381 e. The van der Waals surface area contributed by atoms with E-state index in [2.05, 4.69) is 21.1 Å². The zero-order valence-electron chi connectivity index (χ0n) is 9.74. The van der Waals surface area contributed by atoms with Crippen molar-refractivity contribution in [2.24, 2.45) is 5.41 Å². The molecule has 5 nitrogen and oxygen atoms in total. The maximum atomic E-state index is 11.6. The Bertz CT molecular complexity index is 441. The van der Waals surface area contributed by atoms with Gasteiger partial charge in [-0.15, -0.1) is 0 Å². The Morgan fingerprint density at radius 3 is 2.88 bits per heavy atom. The van der Waals surface area contributed by atoms with Gasteiger partial charge in [0.2, 0.25) is 0 Å². The molecule has 0 aromatic carbocycles. The van der Waals surface area contributed by atoms with Crippen molar-refractivity contribution in [3.63, 3.8) is 0 Å². The molecule has 1 aromatic rings. The molecule has 5 heteroatoms. The first kappa shape index (κ1) is 10.8. The molecule has 3 rings (SSSR count). The van der Waals surface area contributed by atoms with Gasteiger partial charge in [0.15, 0.2) is 5.82 Å². The number of ether oxygens (including phenoxy) is 1. The summed E-state index contributed by atoms with van der Waals surface area (Å²) < 4.78 is 5.50. The van der Waals surface area contributed by atoms with Crippen LogP contribution in [0.4, 0.5) is 5.82 Å². The van der Waals surface area contributed by atoms with Crippen molar-refractivity contribution in [3.05, 3.63) is 22.7 Å². The van der Waals surface area contributed by atoms with Crippen molar-refractivity contribution in [3.8, 4) is 0 Å². The molecule has 0 unspecified atom stereocenters. The summed E-state index contributed by atoms with van der Waals surface area (Å²) >= 11 is 0. The molecule has 1 spiro atoms. The first-order valence-electron chi connectivity index (χ1n) is 6.07. The van der Waals surface area contributed by atoms with E-state index in [1.165, 1.54) is 6.20 Å². The zero-order chi connectivity index (χ0) is 11.7. The molecule has 1 aromatic heterocycles. The summed E-state index contributed by atoms with van der Waals surface area (Å²) in [6.07, 6.45) is 7.45. The average molecular weight is 234 g/mol. The standard InChI is InChI=1S/C12H16N3O2/c16-11-10(13-4-5-14-11)15-6-1-12(2-7-15)3-8-17-9-12/h4H,1-3,6-9H2,(H,14,16). The molecule has 0 atom stereocenters. The molecule has 0 saturated carbocycles. The van der Waals surface area contributed by atoms with Gasteiger partial charge in [0.05, 0.1) is 19.0 Å². The fourth-order valence-electron chi connectivity index (χ4n) is 2.77. The molecule has 2 aliphatic rings. The van der Waals surface area contributed by atoms with Crippen LogP contribution in [0.15, 0.2) is 11.0 Å². The summed E-state index contributed by atoms with van der Waals surface area (Å²) in [6.45, 7) is 3.55. The molecule has 2 fully saturated rings. The van der Waals surface area contributed by atoms with Crippen molar-refractivity contribution in [1.82, 2.24) is 9.97 Å². The SMILES string of the molecule is O=c1[nH][c]cnc1N1CCC2(CCOC2)CC1. The number of H-pyrrole nitrogens is 1. The third-order valence-corrected chi connectivity index (χ3v) is 3.95. The van der Waals surface area contributed by atoms with Crippen molar-refractivity contribution in [2.75, 3.05) is 31.2 Å². The second kappa shape index (κ2) is 4.14. The fraction of sp³-hybridized carbons (Fsp3) is 0.667. The number of anilines is 1. The molecule has 2 saturated heterocycles. The summed E-state index contributed by atoms with van der Waals surface area (Å²) in [6, 6.07) is 0. The van der Waals surface area contributed by atoms with Gasteiger partial charge in [-0.2, -0.15) is 0 Å². The molecular formula is C12H16N3O2. The van der Waals surface area contributed by atoms with Gasteiger partial charge in [-0.1, -0.05) is 0 Å². The number of piperidine rings is 1. The van der Waals surface area contributed by atoms with E-state index in [1.54, 1.807) is 0 Å². The van der Waals surface area contributed by atoms with E-state index in [4.69, 9.17) is 4.74 Å². The maximum Gasteiger partial charge on any atom is 0.291 e. The molecule has 1 radical (unpaired) electrons. The molecular weight excluding hydrogens is 218 g/mol. The predicted molar refractivity (Wildman–Crippen MR) is 63.0 cm³/mol. The quantitative estimate of drug-likeness (QED) is 0.772. The summed E-state index contributed by atoms with van der Waals surface area (Å²) in [5, 5.41) is 0. The Hall–Kier alpha value is -1.36. The number of hydrogen-bond donors (Lipinski definition) is 1. The Kier molecular flexibility index (Phi) is 2.63. The first-order chi connectivity index (χ1) is 8.29. The van der Waals surface area contributed by atoms with Crippen LogP contribution in [-0.2, 0) is 4.74 Å². The monoisotopic (exact) mass is 234 g/mol. The van der Waals surface area contributed by atoms with Crippen LogP contribution < -0.4 is 10.5 Å². The van der Waals surface area contributed by atoms with Gasteiger partial charge in [-0.05, 0) is 24.7 Å². The van der Waals surface area contributed by atoms with Crippen LogP contribution in [0.1, 0.15) is 19.3 Å².